The highest BCUT2D eigenvalue weighted by atomic mass is 16.5. The number of ether oxygens (including phenoxy) is 1. The molecule has 1 aliphatic heterocycles. The number of hydrogen-bond donors (Lipinski definition) is 0. The summed E-state index contributed by atoms with van der Waals surface area (Å²) in [6, 6.07) is 27.5. The van der Waals surface area contributed by atoms with Crippen molar-refractivity contribution in [1.82, 2.24) is 19.8 Å². The highest BCUT2D eigenvalue weighted by molar-refractivity contribution is 5.90. The lowest BCUT2D eigenvalue weighted by molar-refractivity contribution is 0.0816. The summed E-state index contributed by atoms with van der Waals surface area (Å²) in [6.07, 6.45) is 4.31. The summed E-state index contributed by atoms with van der Waals surface area (Å²) in [5, 5.41) is 0. The van der Waals surface area contributed by atoms with Gasteiger partial charge in [0.25, 0.3) is 5.91 Å². The lowest BCUT2D eigenvalue weighted by atomic mass is 9.93. The van der Waals surface area contributed by atoms with E-state index in [-0.39, 0.29) is 17.8 Å². The van der Waals surface area contributed by atoms with Crippen molar-refractivity contribution in [3.8, 4) is 16.9 Å². The van der Waals surface area contributed by atoms with Crippen LogP contribution in [-0.2, 0) is 19.5 Å². The lowest BCUT2D eigenvalue weighted by Gasteiger charge is -2.36. The summed E-state index contributed by atoms with van der Waals surface area (Å²) in [4.78, 5) is 24.9. The van der Waals surface area contributed by atoms with Crippen LogP contribution >= 0.6 is 0 Å². The molecule has 0 unspecified atom stereocenters. The van der Waals surface area contributed by atoms with Crippen molar-refractivity contribution in [2.75, 3.05) is 20.7 Å². The molecule has 0 spiro atoms. The number of fused-ring (bicyclic) bond motifs is 1. The maximum Gasteiger partial charge on any atom is 0.291 e. The van der Waals surface area contributed by atoms with Crippen molar-refractivity contribution < 1.29 is 9.53 Å². The zero-order valence-electron chi connectivity index (χ0n) is 20.7. The molecular formula is C30H30N4O2. The van der Waals surface area contributed by atoms with E-state index in [4.69, 9.17) is 4.74 Å². The summed E-state index contributed by atoms with van der Waals surface area (Å²) >= 11 is 0. The molecule has 0 saturated heterocycles. The van der Waals surface area contributed by atoms with E-state index >= 15 is 0 Å². The zero-order valence-corrected chi connectivity index (χ0v) is 20.7. The van der Waals surface area contributed by atoms with E-state index in [1.54, 1.807) is 26.5 Å². The first-order valence-electron chi connectivity index (χ1n) is 12.2. The second kappa shape index (κ2) is 10.7. The Labute approximate surface area is 212 Å². The molecule has 4 aromatic rings. The van der Waals surface area contributed by atoms with Crippen LogP contribution in [0.5, 0.6) is 5.75 Å². The van der Waals surface area contributed by atoms with Gasteiger partial charge in [-0.05, 0) is 29.2 Å². The van der Waals surface area contributed by atoms with Gasteiger partial charge in [0.15, 0.2) is 0 Å². The zero-order chi connectivity index (χ0) is 24.9. The largest absolute Gasteiger partial charge is 0.492 e. The molecule has 0 N–H and O–H groups in total. The van der Waals surface area contributed by atoms with Gasteiger partial charge < -0.3 is 9.64 Å². The van der Waals surface area contributed by atoms with Crippen LogP contribution in [0.25, 0.3) is 11.1 Å². The minimum atomic E-state index is -0.211. The standard InChI is InChI=1S/C30H30N4O2/c1-33(2)30(35)29-31-17-24(18-32-29)26-14-9-15-28-27(26)16-25(21-36-28)34(19-22-10-5-3-6-11-22)20-23-12-7-4-8-13-23/h3-15,17-18,25H,16,19-21H2,1-2H3/t25-/m0/s1. The Balaban J connectivity index is 1.43. The minimum absolute atomic E-state index is 0.194. The number of carbonyl (C=O) groups is 1. The Morgan fingerprint density at radius 1 is 0.861 bits per heavy atom. The van der Waals surface area contributed by atoms with E-state index in [1.165, 1.54) is 16.0 Å². The summed E-state index contributed by atoms with van der Waals surface area (Å²) in [5.74, 6) is 0.883. The smallest absolute Gasteiger partial charge is 0.291 e. The Morgan fingerprint density at radius 3 is 2.06 bits per heavy atom. The van der Waals surface area contributed by atoms with Gasteiger partial charge >= 0.3 is 0 Å². The number of amides is 1. The molecule has 0 fully saturated rings. The molecule has 3 aromatic carbocycles. The fraction of sp³-hybridized carbons (Fsp3) is 0.233. The van der Waals surface area contributed by atoms with Crippen molar-refractivity contribution in [1.29, 1.82) is 0 Å². The van der Waals surface area contributed by atoms with E-state index < -0.39 is 0 Å². The second-order valence-corrected chi connectivity index (χ2v) is 9.32. The molecule has 1 aliphatic rings. The summed E-state index contributed by atoms with van der Waals surface area (Å²) in [7, 11) is 3.39. The first kappa shape index (κ1) is 23.7. The quantitative estimate of drug-likeness (QED) is 0.380. The topological polar surface area (TPSA) is 58.6 Å². The van der Waals surface area contributed by atoms with Gasteiger partial charge in [-0.15, -0.1) is 0 Å². The predicted molar refractivity (Wildman–Crippen MR) is 141 cm³/mol. The van der Waals surface area contributed by atoms with Crippen LogP contribution in [0.4, 0.5) is 0 Å². The Morgan fingerprint density at radius 2 is 1.47 bits per heavy atom. The van der Waals surface area contributed by atoms with Gasteiger partial charge in [0.05, 0.1) is 0 Å². The van der Waals surface area contributed by atoms with Gasteiger partial charge in [-0.25, -0.2) is 9.97 Å². The van der Waals surface area contributed by atoms with Gasteiger partial charge in [-0.2, -0.15) is 0 Å². The van der Waals surface area contributed by atoms with Gasteiger partial charge in [0.1, 0.15) is 12.4 Å². The summed E-state index contributed by atoms with van der Waals surface area (Å²) < 4.78 is 6.30. The highest BCUT2D eigenvalue weighted by Crippen LogP contribution is 2.35. The van der Waals surface area contributed by atoms with E-state index in [2.05, 4.69) is 81.6 Å². The van der Waals surface area contributed by atoms with Crippen LogP contribution < -0.4 is 4.74 Å². The van der Waals surface area contributed by atoms with E-state index in [0.29, 0.717) is 6.61 Å². The molecule has 6 heteroatoms. The molecule has 1 atom stereocenters. The molecule has 182 valence electrons. The number of hydrogen-bond acceptors (Lipinski definition) is 5. The normalized spacial score (nSPS) is 14.7. The molecule has 0 saturated carbocycles. The number of benzene rings is 3. The van der Waals surface area contributed by atoms with Crippen LogP contribution in [0.1, 0.15) is 27.3 Å². The van der Waals surface area contributed by atoms with Crippen LogP contribution in [-0.4, -0.2) is 52.4 Å². The minimum Gasteiger partial charge on any atom is -0.492 e. The van der Waals surface area contributed by atoms with E-state index in [1.807, 2.05) is 12.1 Å². The van der Waals surface area contributed by atoms with Gasteiger partial charge in [-0.1, -0.05) is 72.8 Å². The third-order valence-corrected chi connectivity index (χ3v) is 6.54. The molecule has 0 radical (unpaired) electrons. The first-order chi connectivity index (χ1) is 17.6. The van der Waals surface area contributed by atoms with Crippen LogP contribution in [0, 0.1) is 0 Å². The Hall–Kier alpha value is -4.03. The fourth-order valence-corrected chi connectivity index (χ4v) is 4.62. The SMILES string of the molecule is CN(C)C(=O)c1ncc(-c2cccc3c2C[C@H](N(Cc2ccccc2)Cc2ccccc2)CO3)cn1. The van der Waals surface area contributed by atoms with Gasteiger partial charge in [0.2, 0.25) is 5.82 Å². The molecule has 0 aliphatic carbocycles. The average molecular weight is 479 g/mol. The van der Waals surface area contributed by atoms with Crippen molar-refractivity contribution in [2.24, 2.45) is 0 Å². The highest BCUT2D eigenvalue weighted by Gasteiger charge is 2.28. The van der Waals surface area contributed by atoms with E-state index in [9.17, 15) is 4.79 Å². The predicted octanol–water partition coefficient (Wildman–Crippen LogP) is 4.85. The molecular weight excluding hydrogens is 448 g/mol. The summed E-state index contributed by atoms with van der Waals surface area (Å²) in [5.41, 5.74) is 5.63. The van der Waals surface area contributed by atoms with Crippen molar-refractivity contribution in [3.05, 3.63) is 114 Å². The second-order valence-electron chi connectivity index (χ2n) is 9.32. The number of carbonyl (C=O) groups excluding carboxylic acids is 1. The fourth-order valence-electron chi connectivity index (χ4n) is 4.62. The Bertz CT molecular complexity index is 1270. The average Bonchev–Trinajstić information content (AvgIpc) is 2.93. The third-order valence-electron chi connectivity index (χ3n) is 6.54. The first-order valence-corrected chi connectivity index (χ1v) is 12.2. The third kappa shape index (κ3) is 5.29. The monoisotopic (exact) mass is 478 g/mol. The van der Waals surface area contributed by atoms with Crippen molar-refractivity contribution in [2.45, 2.75) is 25.6 Å². The summed E-state index contributed by atoms with van der Waals surface area (Å²) in [6.45, 7) is 2.31. The van der Waals surface area contributed by atoms with E-state index in [0.717, 1.165) is 42.0 Å². The Kier molecular flexibility index (Phi) is 7.05. The van der Waals surface area contributed by atoms with Gasteiger partial charge in [0, 0.05) is 56.7 Å². The molecule has 6 nitrogen and oxygen atoms in total. The molecule has 5 rings (SSSR count). The lowest BCUT2D eigenvalue weighted by Crippen LogP contribution is -2.42. The van der Waals surface area contributed by atoms with Crippen LogP contribution in [0.15, 0.2) is 91.3 Å². The maximum atomic E-state index is 12.2. The number of aromatic nitrogens is 2. The van der Waals surface area contributed by atoms with Crippen LogP contribution in [0.3, 0.4) is 0 Å². The van der Waals surface area contributed by atoms with Gasteiger partial charge in [-0.3, -0.25) is 9.69 Å². The molecule has 0 bridgehead atoms. The maximum absolute atomic E-state index is 12.2. The van der Waals surface area contributed by atoms with Crippen molar-refractivity contribution >= 4 is 5.91 Å². The molecule has 36 heavy (non-hydrogen) atoms. The number of nitrogens with zero attached hydrogens (tertiary/aromatic N) is 4. The molecule has 1 amide bonds. The number of rotatable bonds is 7. The van der Waals surface area contributed by atoms with Crippen LogP contribution in [0.2, 0.25) is 0 Å². The molecule has 1 aromatic heterocycles. The van der Waals surface area contributed by atoms with Crippen molar-refractivity contribution in [3.63, 3.8) is 0 Å². The molecule has 2 heterocycles.